The highest BCUT2D eigenvalue weighted by atomic mass is 32.2. The number of nitrogens with two attached hydrogens (primary N) is 1. The first-order valence-corrected chi connectivity index (χ1v) is 10.0. The zero-order chi connectivity index (χ0) is 19.9. The largest absolute Gasteiger partial charge is 0.355 e. The van der Waals surface area contributed by atoms with Gasteiger partial charge in [-0.1, -0.05) is 18.2 Å². The molecule has 4 rings (SSSR count). The average molecular weight is 412 g/mol. The van der Waals surface area contributed by atoms with Crippen molar-refractivity contribution in [2.75, 3.05) is 18.0 Å². The molecule has 4 nitrogen and oxygen atoms in total. The fraction of sp³-hybridized carbons (Fsp3) is 0.474. The van der Waals surface area contributed by atoms with Crippen molar-refractivity contribution in [2.45, 2.75) is 48.1 Å². The summed E-state index contributed by atoms with van der Waals surface area (Å²) in [4.78, 5) is 9.81. The third-order valence-electron chi connectivity index (χ3n) is 5.95. The van der Waals surface area contributed by atoms with Crippen LogP contribution in [0.15, 0.2) is 28.4 Å². The molecule has 1 atom stereocenters. The fourth-order valence-electron chi connectivity index (χ4n) is 4.24. The highest BCUT2D eigenvalue weighted by Crippen LogP contribution is 2.45. The Bertz CT molecular complexity index is 843. The van der Waals surface area contributed by atoms with Gasteiger partial charge in [0.25, 0.3) is 0 Å². The first-order valence-electron chi connectivity index (χ1n) is 9.23. The summed E-state index contributed by atoms with van der Waals surface area (Å²) >= 11 is 0.501. The van der Waals surface area contributed by atoms with Crippen LogP contribution in [-0.4, -0.2) is 29.1 Å². The van der Waals surface area contributed by atoms with E-state index in [-0.39, 0.29) is 22.5 Å². The van der Waals surface area contributed by atoms with Gasteiger partial charge in [-0.3, -0.25) is 0 Å². The van der Waals surface area contributed by atoms with Gasteiger partial charge < -0.3 is 10.6 Å². The molecule has 0 unspecified atom stereocenters. The van der Waals surface area contributed by atoms with E-state index in [0.717, 1.165) is 32.4 Å². The highest BCUT2D eigenvalue weighted by molar-refractivity contribution is 7.99. The van der Waals surface area contributed by atoms with E-state index in [1.54, 1.807) is 0 Å². The summed E-state index contributed by atoms with van der Waals surface area (Å²) in [5.74, 6) is -5.11. The van der Waals surface area contributed by atoms with Crippen molar-refractivity contribution >= 4 is 17.6 Å². The molecule has 1 saturated heterocycles. The van der Waals surface area contributed by atoms with Crippen LogP contribution in [0.25, 0.3) is 0 Å². The Morgan fingerprint density at radius 1 is 1.00 bits per heavy atom. The fourth-order valence-corrected chi connectivity index (χ4v) is 5.03. The zero-order valence-electron chi connectivity index (χ0n) is 15.1. The molecule has 2 aliphatic rings. The molecule has 28 heavy (non-hydrogen) atoms. The van der Waals surface area contributed by atoms with Crippen molar-refractivity contribution in [3.05, 3.63) is 41.7 Å². The molecular weight excluding hydrogens is 392 g/mol. The maximum absolute atomic E-state index is 13.8. The average Bonchev–Trinajstić information content (AvgIpc) is 3.05. The molecule has 0 radical (unpaired) electrons. The van der Waals surface area contributed by atoms with Gasteiger partial charge in [0.1, 0.15) is 10.8 Å². The van der Waals surface area contributed by atoms with Crippen LogP contribution in [-0.2, 0) is 0 Å². The molecule has 1 spiro atoms. The van der Waals surface area contributed by atoms with Crippen LogP contribution in [0.3, 0.4) is 0 Å². The number of hydrogen-bond donors (Lipinski definition) is 1. The van der Waals surface area contributed by atoms with Crippen molar-refractivity contribution in [2.24, 2.45) is 11.1 Å². The van der Waals surface area contributed by atoms with Gasteiger partial charge in [0, 0.05) is 25.2 Å². The van der Waals surface area contributed by atoms with Crippen LogP contribution < -0.4 is 10.6 Å². The van der Waals surface area contributed by atoms with Crippen molar-refractivity contribution in [3.63, 3.8) is 0 Å². The Morgan fingerprint density at radius 3 is 2.21 bits per heavy atom. The minimum atomic E-state index is -1.45. The maximum Gasteiger partial charge on any atom is 0.175 e. The van der Waals surface area contributed by atoms with E-state index in [1.807, 2.05) is 0 Å². The van der Waals surface area contributed by atoms with E-state index in [2.05, 4.69) is 14.9 Å². The van der Waals surface area contributed by atoms with E-state index in [0.29, 0.717) is 17.6 Å². The SMILES string of the molecule is N[C@@H]1CCCC12CCN(c1cnc(Sc3c(F)c(F)cc(F)c3F)cn1)CC2. The van der Waals surface area contributed by atoms with Crippen molar-refractivity contribution in [1.29, 1.82) is 0 Å². The van der Waals surface area contributed by atoms with Gasteiger partial charge in [0.05, 0.1) is 17.3 Å². The molecule has 2 fully saturated rings. The van der Waals surface area contributed by atoms with Gasteiger partial charge in [-0.2, -0.15) is 0 Å². The standard InChI is InChI=1S/C19H20F4N4S/c20-11-8-12(21)17(23)18(16(11)22)28-15-10-25-14(9-26-15)27-6-4-19(5-7-27)3-1-2-13(19)24/h8-10,13H,1-7,24H2/t13-/m1/s1. The summed E-state index contributed by atoms with van der Waals surface area (Å²) in [6.45, 7) is 1.65. The molecule has 0 amide bonds. The Hall–Kier alpha value is -1.87. The van der Waals surface area contributed by atoms with Gasteiger partial charge in [-0.25, -0.2) is 27.5 Å². The minimum Gasteiger partial charge on any atom is -0.355 e. The molecule has 2 N–H and O–H groups in total. The van der Waals surface area contributed by atoms with Crippen LogP contribution in [0.2, 0.25) is 0 Å². The molecule has 1 aromatic carbocycles. The number of anilines is 1. The van der Waals surface area contributed by atoms with Gasteiger partial charge in [0.15, 0.2) is 23.3 Å². The summed E-state index contributed by atoms with van der Waals surface area (Å²) in [5, 5.41) is 0.151. The molecule has 150 valence electrons. The maximum atomic E-state index is 13.8. The lowest BCUT2D eigenvalue weighted by Gasteiger charge is -2.42. The summed E-state index contributed by atoms with van der Waals surface area (Å²) in [6.07, 6.45) is 8.31. The van der Waals surface area contributed by atoms with E-state index in [9.17, 15) is 17.6 Å². The number of halogens is 4. The topological polar surface area (TPSA) is 55.0 Å². The number of rotatable bonds is 3. The quantitative estimate of drug-likeness (QED) is 0.602. The molecular formula is C19H20F4N4S. The van der Waals surface area contributed by atoms with Crippen LogP contribution in [0.1, 0.15) is 32.1 Å². The summed E-state index contributed by atoms with van der Waals surface area (Å²) < 4.78 is 54.3. The Kier molecular flexibility index (Phi) is 5.22. The Labute approximate surface area is 164 Å². The smallest absolute Gasteiger partial charge is 0.175 e. The van der Waals surface area contributed by atoms with Crippen molar-refractivity contribution in [3.8, 4) is 0 Å². The molecule has 1 aromatic heterocycles. The first-order chi connectivity index (χ1) is 13.4. The second-order valence-corrected chi connectivity index (χ2v) is 8.49. The zero-order valence-corrected chi connectivity index (χ0v) is 15.9. The lowest BCUT2D eigenvalue weighted by atomic mass is 9.74. The second kappa shape index (κ2) is 7.51. The lowest BCUT2D eigenvalue weighted by Crippen LogP contribution is -2.47. The van der Waals surface area contributed by atoms with Crippen LogP contribution in [0.4, 0.5) is 23.4 Å². The van der Waals surface area contributed by atoms with Gasteiger partial charge >= 0.3 is 0 Å². The molecule has 0 bridgehead atoms. The third-order valence-corrected chi connectivity index (χ3v) is 6.93. The molecule has 1 aliphatic carbocycles. The van der Waals surface area contributed by atoms with E-state index < -0.39 is 28.2 Å². The van der Waals surface area contributed by atoms with Crippen molar-refractivity contribution < 1.29 is 17.6 Å². The molecule has 1 aliphatic heterocycles. The van der Waals surface area contributed by atoms with Crippen molar-refractivity contribution in [1.82, 2.24) is 9.97 Å². The number of nitrogens with zero attached hydrogens (tertiary/aromatic N) is 3. The van der Waals surface area contributed by atoms with E-state index >= 15 is 0 Å². The third kappa shape index (κ3) is 3.45. The van der Waals surface area contributed by atoms with Crippen LogP contribution in [0, 0.1) is 28.7 Å². The predicted molar refractivity (Wildman–Crippen MR) is 98.1 cm³/mol. The highest BCUT2D eigenvalue weighted by Gasteiger charge is 2.43. The molecule has 2 heterocycles. The summed E-state index contributed by atoms with van der Waals surface area (Å²) in [5.41, 5.74) is 6.54. The minimum absolute atomic E-state index is 0.151. The second-order valence-electron chi connectivity index (χ2n) is 7.46. The number of hydrogen-bond acceptors (Lipinski definition) is 5. The Morgan fingerprint density at radius 2 is 1.68 bits per heavy atom. The van der Waals surface area contributed by atoms with Gasteiger partial charge in [0.2, 0.25) is 0 Å². The van der Waals surface area contributed by atoms with Gasteiger partial charge in [-0.05, 0) is 31.1 Å². The lowest BCUT2D eigenvalue weighted by molar-refractivity contribution is 0.197. The first kappa shape index (κ1) is 19.4. The van der Waals surface area contributed by atoms with Crippen LogP contribution >= 0.6 is 11.8 Å². The van der Waals surface area contributed by atoms with E-state index in [4.69, 9.17) is 5.73 Å². The molecule has 2 aromatic rings. The van der Waals surface area contributed by atoms with Gasteiger partial charge in [-0.15, -0.1) is 0 Å². The van der Waals surface area contributed by atoms with Crippen LogP contribution in [0.5, 0.6) is 0 Å². The normalized spacial score (nSPS) is 21.5. The molecule has 9 heteroatoms. The number of aromatic nitrogens is 2. The van der Waals surface area contributed by atoms with E-state index in [1.165, 1.54) is 25.2 Å². The summed E-state index contributed by atoms with van der Waals surface area (Å²) in [7, 11) is 0. The monoisotopic (exact) mass is 412 g/mol. The number of benzene rings is 1. The summed E-state index contributed by atoms with van der Waals surface area (Å²) in [6, 6.07) is 0.444. The number of piperidine rings is 1. The molecule has 1 saturated carbocycles. The Balaban J connectivity index is 1.46. The predicted octanol–water partition coefficient (Wildman–Crippen LogP) is 4.28.